The van der Waals surface area contributed by atoms with E-state index in [1.807, 2.05) is 0 Å². The van der Waals surface area contributed by atoms with Crippen molar-refractivity contribution >= 4 is 5.91 Å². The van der Waals surface area contributed by atoms with E-state index in [9.17, 15) is 4.79 Å². The van der Waals surface area contributed by atoms with Crippen LogP contribution in [0.1, 0.15) is 39.0 Å². The van der Waals surface area contributed by atoms with Gasteiger partial charge in [-0.25, -0.2) is 0 Å². The summed E-state index contributed by atoms with van der Waals surface area (Å²) in [5.41, 5.74) is 5.93. The minimum atomic E-state index is 0.306. The Balaban J connectivity index is 1.49. The fraction of sp³-hybridized carbons (Fsp3) is 0.938. The van der Waals surface area contributed by atoms with Crippen molar-refractivity contribution < 1.29 is 4.79 Å². The molecule has 0 aromatic rings. The van der Waals surface area contributed by atoms with E-state index in [0.29, 0.717) is 30.3 Å². The first-order valence-corrected chi connectivity index (χ1v) is 8.23. The average molecular weight is 262 g/mol. The molecule has 2 N–H and O–H groups in total. The first kappa shape index (κ1) is 12.2. The highest BCUT2D eigenvalue weighted by Crippen LogP contribution is 2.69. The number of carbonyl (C=O) groups excluding carboxylic acids is 1. The van der Waals surface area contributed by atoms with Gasteiger partial charge >= 0.3 is 0 Å². The van der Waals surface area contributed by atoms with Crippen LogP contribution in [-0.4, -0.2) is 29.9 Å². The zero-order valence-electron chi connectivity index (χ0n) is 11.9. The van der Waals surface area contributed by atoms with Crippen molar-refractivity contribution in [3.05, 3.63) is 0 Å². The second-order valence-corrected chi connectivity index (χ2v) is 7.47. The van der Waals surface area contributed by atoms with Gasteiger partial charge in [0.2, 0.25) is 5.91 Å². The van der Waals surface area contributed by atoms with E-state index in [2.05, 4.69) is 11.8 Å². The number of fused-ring (bicyclic) bond motifs is 5. The highest BCUT2D eigenvalue weighted by Gasteiger charge is 2.68. The third kappa shape index (κ3) is 1.63. The predicted octanol–water partition coefficient (Wildman–Crippen LogP) is 1.86. The summed E-state index contributed by atoms with van der Waals surface area (Å²) in [4.78, 5) is 15.0. The molecule has 0 radical (unpaired) electrons. The SMILES string of the molecule is CC1CCCN(C(=O)C2C3C4CCC(C4)C23)C1CN. The molecule has 19 heavy (non-hydrogen) atoms. The summed E-state index contributed by atoms with van der Waals surface area (Å²) in [7, 11) is 0. The molecule has 1 heterocycles. The van der Waals surface area contributed by atoms with Gasteiger partial charge in [0.1, 0.15) is 0 Å². The molecule has 3 nitrogen and oxygen atoms in total. The minimum absolute atomic E-state index is 0.306. The van der Waals surface area contributed by atoms with E-state index in [0.717, 1.165) is 36.6 Å². The predicted molar refractivity (Wildman–Crippen MR) is 74.3 cm³/mol. The van der Waals surface area contributed by atoms with Crippen molar-refractivity contribution in [2.75, 3.05) is 13.1 Å². The molecule has 4 aliphatic rings. The Hall–Kier alpha value is -0.570. The Morgan fingerprint density at radius 2 is 1.89 bits per heavy atom. The molecule has 106 valence electrons. The van der Waals surface area contributed by atoms with Gasteiger partial charge in [-0.1, -0.05) is 6.92 Å². The van der Waals surface area contributed by atoms with Gasteiger partial charge in [0.15, 0.2) is 0 Å². The lowest BCUT2D eigenvalue weighted by atomic mass is 9.90. The molecule has 1 saturated heterocycles. The fourth-order valence-corrected chi connectivity index (χ4v) is 5.73. The number of hydrogen-bond acceptors (Lipinski definition) is 2. The summed E-state index contributed by atoms with van der Waals surface area (Å²) in [5.74, 6) is 4.76. The number of likely N-dealkylation sites (tertiary alicyclic amines) is 1. The van der Waals surface area contributed by atoms with E-state index in [4.69, 9.17) is 5.73 Å². The summed E-state index contributed by atoms with van der Waals surface area (Å²) in [5, 5.41) is 0. The average Bonchev–Trinajstić information content (AvgIpc) is 2.85. The van der Waals surface area contributed by atoms with Crippen LogP contribution in [0.2, 0.25) is 0 Å². The highest BCUT2D eigenvalue weighted by atomic mass is 16.2. The first-order valence-electron chi connectivity index (χ1n) is 8.23. The van der Waals surface area contributed by atoms with Crippen molar-refractivity contribution in [2.24, 2.45) is 41.2 Å². The summed E-state index contributed by atoms with van der Waals surface area (Å²) >= 11 is 0. The third-order valence-electron chi connectivity index (χ3n) is 6.66. The number of nitrogens with zero attached hydrogens (tertiary/aromatic N) is 1. The third-order valence-corrected chi connectivity index (χ3v) is 6.66. The van der Waals surface area contributed by atoms with Crippen LogP contribution in [0, 0.1) is 35.5 Å². The number of carbonyl (C=O) groups is 1. The molecule has 3 aliphatic carbocycles. The van der Waals surface area contributed by atoms with Crippen molar-refractivity contribution in [2.45, 2.75) is 45.1 Å². The molecule has 0 aromatic heterocycles. The molecule has 3 saturated carbocycles. The maximum atomic E-state index is 12.9. The molecule has 4 fully saturated rings. The van der Waals surface area contributed by atoms with Crippen LogP contribution >= 0.6 is 0 Å². The highest BCUT2D eigenvalue weighted by molar-refractivity contribution is 5.83. The Bertz CT molecular complexity index is 380. The molecular weight excluding hydrogens is 236 g/mol. The Morgan fingerprint density at radius 3 is 2.53 bits per heavy atom. The van der Waals surface area contributed by atoms with Crippen molar-refractivity contribution in [1.29, 1.82) is 0 Å². The largest absolute Gasteiger partial charge is 0.338 e. The second-order valence-electron chi connectivity index (χ2n) is 7.47. The van der Waals surface area contributed by atoms with E-state index >= 15 is 0 Å². The topological polar surface area (TPSA) is 46.3 Å². The molecule has 1 aliphatic heterocycles. The molecule has 0 aromatic carbocycles. The second kappa shape index (κ2) is 4.21. The van der Waals surface area contributed by atoms with Crippen LogP contribution in [0.5, 0.6) is 0 Å². The molecule has 4 rings (SSSR count). The lowest BCUT2D eigenvalue weighted by Crippen LogP contribution is -2.52. The summed E-state index contributed by atoms with van der Waals surface area (Å²) in [6.45, 7) is 3.85. The van der Waals surface area contributed by atoms with Crippen LogP contribution in [0.25, 0.3) is 0 Å². The Kier molecular flexibility index (Phi) is 2.70. The summed E-state index contributed by atoms with van der Waals surface area (Å²) < 4.78 is 0. The Labute approximate surface area is 115 Å². The fourth-order valence-electron chi connectivity index (χ4n) is 5.73. The monoisotopic (exact) mass is 262 g/mol. The van der Waals surface area contributed by atoms with Gasteiger partial charge < -0.3 is 10.6 Å². The Morgan fingerprint density at radius 1 is 1.21 bits per heavy atom. The van der Waals surface area contributed by atoms with Crippen molar-refractivity contribution in [3.63, 3.8) is 0 Å². The van der Waals surface area contributed by atoms with Gasteiger partial charge in [-0.05, 0) is 61.7 Å². The lowest BCUT2D eigenvalue weighted by Gasteiger charge is -2.40. The number of hydrogen-bond donors (Lipinski definition) is 1. The zero-order chi connectivity index (χ0) is 13.1. The molecule has 6 atom stereocenters. The van der Waals surface area contributed by atoms with Crippen molar-refractivity contribution in [3.8, 4) is 0 Å². The van der Waals surface area contributed by atoms with Gasteiger partial charge in [-0.2, -0.15) is 0 Å². The molecule has 3 heteroatoms. The van der Waals surface area contributed by atoms with Crippen LogP contribution in [0.15, 0.2) is 0 Å². The van der Waals surface area contributed by atoms with Gasteiger partial charge in [0, 0.05) is 25.0 Å². The minimum Gasteiger partial charge on any atom is -0.338 e. The van der Waals surface area contributed by atoms with Crippen LogP contribution < -0.4 is 5.73 Å². The molecule has 6 unspecified atom stereocenters. The van der Waals surface area contributed by atoms with Gasteiger partial charge in [0.05, 0.1) is 0 Å². The van der Waals surface area contributed by atoms with Crippen LogP contribution in [-0.2, 0) is 4.79 Å². The van der Waals surface area contributed by atoms with Gasteiger partial charge in [0.25, 0.3) is 0 Å². The number of amides is 1. The number of rotatable bonds is 2. The smallest absolute Gasteiger partial charge is 0.226 e. The zero-order valence-corrected chi connectivity index (χ0v) is 11.9. The van der Waals surface area contributed by atoms with Crippen molar-refractivity contribution in [1.82, 2.24) is 4.90 Å². The standard InChI is InChI=1S/C16H26N2O/c1-9-3-2-6-18(12(9)8-17)16(19)15-13-10-4-5-11(7-10)14(13)15/h9-15H,2-8,17H2,1H3. The first-order chi connectivity index (χ1) is 9.22. The summed E-state index contributed by atoms with van der Waals surface area (Å²) in [6.07, 6.45) is 6.61. The quantitative estimate of drug-likeness (QED) is 0.825. The van der Waals surface area contributed by atoms with Gasteiger partial charge in [-0.15, -0.1) is 0 Å². The number of nitrogens with two attached hydrogens (primary N) is 1. The lowest BCUT2D eigenvalue weighted by molar-refractivity contribution is -0.138. The maximum Gasteiger partial charge on any atom is 0.226 e. The molecule has 1 amide bonds. The number of piperidine rings is 1. The van der Waals surface area contributed by atoms with Gasteiger partial charge in [-0.3, -0.25) is 4.79 Å². The van der Waals surface area contributed by atoms with Crippen LogP contribution in [0.3, 0.4) is 0 Å². The molecular formula is C16H26N2O. The van der Waals surface area contributed by atoms with E-state index < -0.39 is 0 Å². The van der Waals surface area contributed by atoms with E-state index in [1.54, 1.807) is 0 Å². The van der Waals surface area contributed by atoms with E-state index in [-0.39, 0.29) is 0 Å². The van der Waals surface area contributed by atoms with E-state index in [1.165, 1.54) is 25.7 Å². The van der Waals surface area contributed by atoms with Crippen LogP contribution in [0.4, 0.5) is 0 Å². The molecule has 2 bridgehead atoms. The normalized spacial score (nSPS) is 51.3. The summed E-state index contributed by atoms with van der Waals surface area (Å²) in [6, 6.07) is 0.306. The maximum absolute atomic E-state index is 12.9. The molecule has 0 spiro atoms.